The van der Waals surface area contributed by atoms with Crippen molar-refractivity contribution in [3.8, 4) is 0 Å². The molecular weight excluding hydrogens is 248 g/mol. The molecule has 1 aliphatic carbocycles. The van der Waals surface area contributed by atoms with Crippen molar-refractivity contribution in [1.82, 2.24) is 5.32 Å². The molecule has 0 spiro atoms. The lowest BCUT2D eigenvalue weighted by Gasteiger charge is -2.16. The summed E-state index contributed by atoms with van der Waals surface area (Å²) in [6, 6.07) is 7.84. The van der Waals surface area contributed by atoms with Crippen LogP contribution in [-0.2, 0) is 0 Å². The first-order valence-corrected chi connectivity index (χ1v) is 7.80. The number of amides is 1. The van der Waals surface area contributed by atoms with Crippen molar-refractivity contribution in [1.29, 1.82) is 0 Å². The van der Waals surface area contributed by atoms with Gasteiger partial charge in [0.15, 0.2) is 0 Å². The number of nitrogens with one attached hydrogen (secondary N) is 1. The SMILES string of the molecule is CCN(C)c1ccc(C(=O)NCCC2CCCC2)cc1. The van der Waals surface area contributed by atoms with Crippen molar-refractivity contribution in [3.05, 3.63) is 29.8 Å². The summed E-state index contributed by atoms with van der Waals surface area (Å²) < 4.78 is 0. The van der Waals surface area contributed by atoms with Gasteiger partial charge < -0.3 is 10.2 Å². The van der Waals surface area contributed by atoms with E-state index in [1.807, 2.05) is 24.3 Å². The van der Waals surface area contributed by atoms with Crippen LogP contribution in [0.1, 0.15) is 49.4 Å². The van der Waals surface area contributed by atoms with Crippen LogP contribution in [0.15, 0.2) is 24.3 Å². The highest BCUT2D eigenvalue weighted by molar-refractivity contribution is 5.94. The highest BCUT2D eigenvalue weighted by atomic mass is 16.1. The molecule has 0 bridgehead atoms. The topological polar surface area (TPSA) is 32.3 Å². The Bertz CT molecular complexity index is 421. The van der Waals surface area contributed by atoms with Gasteiger partial charge in [-0.3, -0.25) is 4.79 Å². The molecule has 0 saturated heterocycles. The molecular formula is C17H26N2O. The van der Waals surface area contributed by atoms with Crippen LogP contribution in [-0.4, -0.2) is 26.0 Å². The highest BCUT2D eigenvalue weighted by Gasteiger charge is 2.15. The molecule has 0 aliphatic heterocycles. The van der Waals surface area contributed by atoms with Crippen molar-refractivity contribution in [3.63, 3.8) is 0 Å². The summed E-state index contributed by atoms with van der Waals surface area (Å²) in [4.78, 5) is 14.2. The maximum Gasteiger partial charge on any atom is 0.251 e. The first kappa shape index (κ1) is 14.9. The molecule has 3 heteroatoms. The predicted molar refractivity (Wildman–Crippen MR) is 84.3 cm³/mol. The quantitative estimate of drug-likeness (QED) is 0.861. The van der Waals surface area contributed by atoms with E-state index in [2.05, 4.69) is 24.2 Å². The van der Waals surface area contributed by atoms with Crippen LogP contribution in [0.2, 0.25) is 0 Å². The number of carbonyl (C=O) groups is 1. The number of hydrogen-bond donors (Lipinski definition) is 1. The Hall–Kier alpha value is -1.51. The standard InChI is InChI=1S/C17H26N2O/c1-3-19(2)16-10-8-15(9-11-16)17(20)18-13-12-14-6-4-5-7-14/h8-11,14H,3-7,12-13H2,1-2H3,(H,18,20). The molecule has 1 aromatic rings. The van der Waals surface area contributed by atoms with E-state index in [0.29, 0.717) is 0 Å². The maximum atomic E-state index is 12.0. The van der Waals surface area contributed by atoms with Gasteiger partial charge in [-0.25, -0.2) is 0 Å². The minimum Gasteiger partial charge on any atom is -0.375 e. The van der Waals surface area contributed by atoms with E-state index in [9.17, 15) is 4.79 Å². The molecule has 1 aromatic carbocycles. The lowest BCUT2D eigenvalue weighted by Crippen LogP contribution is -2.25. The van der Waals surface area contributed by atoms with Crippen LogP contribution >= 0.6 is 0 Å². The number of anilines is 1. The number of carbonyl (C=O) groups excluding carboxylic acids is 1. The Morgan fingerprint density at radius 2 is 1.90 bits per heavy atom. The average molecular weight is 274 g/mol. The Balaban J connectivity index is 1.79. The van der Waals surface area contributed by atoms with Crippen molar-refractivity contribution in [2.75, 3.05) is 25.0 Å². The highest BCUT2D eigenvalue weighted by Crippen LogP contribution is 2.26. The largest absolute Gasteiger partial charge is 0.375 e. The summed E-state index contributed by atoms with van der Waals surface area (Å²) in [5, 5.41) is 3.04. The van der Waals surface area contributed by atoms with E-state index in [1.54, 1.807) is 0 Å². The van der Waals surface area contributed by atoms with Gasteiger partial charge in [-0.1, -0.05) is 25.7 Å². The minimum absolute atomic E-state index is 0.0497. The molecule has 110 valence electrons. The van der Waals surface area contributed by atoms with Crippen molar-refractivity contribution in [2.45, 2.75) is 39.0 Å². The summed E-state index contributed by atoms with van der Waals surface area (Å²) in [7, 11) is 2.05. The zero-order valence-corrected chi connectivity index (χ0v) is 12.7. The van der Waals surface area contributed by atoms with Crippen LogP contribution in [0.5, 0.6) is 0 Å². The molecule has 0 heterocycles. The van der Waals surface area contributed by atoms with Crippen LogP contribution in [0.3, 0.4) is 0 Å². The number of benzene rings is 1. The van der Waals surface area contributed by atoms with Gasteiger partial charge in [0, 0.05) is 31.4 Å². The molecule has 1 saturated carbocycles. The van der Waals surface area contributed by atoms with Gasteiger partial charge in [0.1, 0.15) is 0 Å². The molecule has 1 fully saturated rings. The molecule has 0 unspecified atom stereocenters. The fraction of sp³-hybridized carbons (Fsp3) is 0.588. The zero-order valence-electron chi connectivity index (χ0n) is 12.7. The summed E-state index contributed by atoms with van der Waals surface area (Å²) in [5.41, 5.74) is 1.90. The van der Waals surface area contributed by atoms with Gasteiger partial charge in [-0.2, -0.15) is 0 Å². The lowest BCUT2D eigenvalue weighted by atomic mass is 10.0. The molecule has 0 radical (unpaired) electrons. The summed E-state index contributed by atoms with van der Waals surface area (Å²) in [6.07, 6.45) is 6.54. The molecule has 0 aromatic heterocycles. The second-order valence-electron chi connectivity index (χ2n) is 5.76. The summed E-state index contributed by atoms with van der Waals surface area (Å²) in [6.45, 7) is 3.89. The fourth-order valence-electron chi connectivity index (χ4n) is 2.84. The molecule has 20 heavy (non-hydrogen) atoms. The van der Waals surface area contributed by atoms with E-state index in [0.717, 1.165) is 36.7 Å². The molecule has 3 nitrogen and oxygen atoms in total. The van der Waals surface area contributed by atoms with E-state index in [4.69, 9.17) is 0 Å². The number of nitrogens with zero attached hydrogens (tertiary/aromatic N) is 1. The average Bonchev–Trinajstić information content (AvgIpc) is 2.99. The maximum absolute atomic E-state index is 12.0. The van der Waals surface area contributed by atoms with Crippen molar-refractivity contribution in [2.24, 2.45) is 5.92 Å². The third kappa shape index (κ3) is 3.99. The Morgan fingerprint density at radius 3 is 2.50 bits per heavy atom. The summed E-state index contributed by atoms with van der Waals surface area (Å²) >= 11 is 0. The fourth-order valence-corrected chi connectivity index (χ4v) is 2.84. The molecule has 1 N–H and O–H groups in total. The smallest absolute Gasteiger partial charge is 0.251 e. The van der Waals surface area contributed by atoms with Gasteiger partial charge in [-0.05, 0) is 43.5 Å². The monoisotopic (exact) mass is 274 g/mol. The van der Waals surface area contributed by atoms with E-state index < -0.39 is 0 Å². The third-order valence-electron chi connectivity index (χ3n) is 4.36. The molecule has 1 aliphatic rings. The van der Waals surface area contributed by atoms with Gasteiger partial charge in [0.2, 0.25) is 0 Å². The lowest BCUT2D eigenvalue weighted by molar-refractivity contribution is 0.0951. The van der Waals surface area contributed by atoms with Crippen molar-refractivity contribution < 1.29 is 4.79 Å². The van der Waals surface area contributed by atoms with Crippen LogP contribution < -0.4 is 10.2 Å². The Labute approximate surface area is 122 Å². The second-order valence-corrected chi connectivity index (χ2v) is 5.76. The predicted octanol–water partition coefficient (Wildman–Crippen LogP) is 3.45. The normalized spacial score (nSPS) is 15.3. The molecule has 2 rings (SSSR count). The zero-order chi connectivity index (χ0) is 14.4. The van der Waals surface area contributed by atoms with Gasteiger partial charge in [-0.15, -0.1) is 0 Å². The Kier molecular flexibility index (Phi) is 5.45. The van der Waals surface area contributed by atoms with E-state index in [1.165, 1.54) is 25.7 Å². The van der Waals surface area contributed by atoms with Crippen LogP contribution in [0.25, 0.3) is 0 Å². The van der Waals surface area contributed by atoms with Gasteiger partial charge >= 0.3 is 0 Å². The first-order chi connectivity index (χ1) is 9.70. The second kappa shape index (κ2) is 7.32. The van der Waals surface area contributed by atoms with Gasteiger partial charge in [0.25, 0.3) is 5.91 Å². The minimum atomic E-state index is 0.0497. The van der Waals surface area contributed by atoms with Crippen LogP contribution in [0.4, 0.5) is 5.69 Å². The molecule has 0 atom stereocenters. The van der Waals surface area contributed by atoms with E-state index >= 15 is 0 Å². The van der Waals surface area contributed by atoms with E-state index in [-0.39, 0.29) is 5.91 Å². The molecule has 1 amide bonds. The van der Waals surface area contributed by atoms with Crippen LogP contribution in [0, 0.1) is 5.92 Å². The first-order valence-electron chi connectivity index (χ1n) is 7.80. The number of hydrogen-bond acceptors (Lipinski definition) is 2. The van der Waals surface area contributed by atoms with Gasteiger partial charge in [0.05, 0.1) is 0 Å². The van der Waals surface area contributed by atoms with Crippen molar-refractivity contribution >= 4 is 11.6 Å². The third-order valence-corrected chi connectivity index (χ3v) is 4.36. The Morgan fingerprint density at radius 1 is 1.25 bits per heavy atom. The number of rotatable bonds is 6. The summed E-state index contributed by atoms with van der Waals surface area (Å²) in [5.74, 6) is 0.879.